The molecule has 6 nitrogen and oxygen atoms in total. The van der Waals surface area contributed by atoms with Gasteiger partial charge in [0.1, 0.15) is 10.7 Å². The number of aromatic nitrogens is 3. The maximum atomic E-state index is 12.9. The molecule has 4 heterocycles. The maximum absolute atomic E-state index is 12.9. The molecule has 1 atom stereocenters. The average molecular weight is 400 g/mol. The molecule has 3 aromatic rings. The van der Waals surface area contributed by atoms with Crippen LogP contribution in [0.15, 0.2) is 23.6 Å². The van der Waals surface area contributed by atoms with Crippen LogP contribution in [0, 0.1) is 13.8 Å². The SMILES string of the molecule is Cc1cc(-c2cccs2)nc(C2CCCN(C(=O)c3sc(N)nc3C)C2)n1. The molecule has 140 valence electrons. The Morgan fingerprint density at radius 1 is 1.30 bits per heavy atom. The number of hydrogen-bond acceptors (Lipinski definition) is 7. The zero-order valence-electron chi connectivity index (χ0n) is 15.3. The van der Waals surface area contributed by atoms with Crippen molar-refractivity contribution in [3.8, 4) is 10.6 Å². The van der Waals surface area contributed by atoms with Gasteiger partial charge in [0.15, 0.2) is 5.13 Å². The summed E-state index contributed by atoms with van der Waals surface area (Å²) in [5.74, 6) is 0.987. The van der Waals surface area contributed by atoms with Crippen molar-refractivity contribution >= 4 is 33.7 Å². The Morgan fingerprint density at radius 2 is 2.15 bits per heavy atom. The number of nitrogens with two attached hydrogens (primary N) is 1. The Kier molecular flexibility index (Phi) is 4.92. The molecule has 2 N–H and O–H groups in total. The third-order valence-electron chi connectivity index (χ3n) is 4.73. The number of rotatable bonds is 3. The molecule has 1 aliphatic rings. The molecule has 8 heteroatoms. The third kappa shape index (κ3) is 3.72. The number of aryl methyl sites for hydroxylation is 2. The van der Waals surface area contributed by atoms with E-state index >= 15 is 0 Å². The fourth-order valence-corrected chi connectivity index (χ4v) is 4.94. The van der Waals surface area contributed by atoms with Crippen LogP contribution in [-0.4, -0.2) is 38.8 Å². The van der Waals surface area contributed by atoms with Gasteiger partial charge in [-0.15, -0.1) is 11.3 Å². The van der Waals surface area contributed by atoms with Gasteiger partial charge in [0.05, 0.1) is 16.3 Å². The predicted octanol–water partition coefficient (Wildman–Crippen LogP) is 3.88. The molecule has 1 amide bonds. The van der Waals surface area contributed by atoms with Crippen LogP contribution in [0.3, 0.4) is 0 Å². The van der Waals surface area contributed by atoms with Gasteiger partial charge in [-0.05, 0) is 44.2 Å². The fourth-order valence-electron chi connectivity index (χ4n) is 3.46. The minimum Gasteiger partial charge on any atom is -0.375 e. The zero-order chi connectivity index (χ0) is 19.0. The lowest BCUT2D eigenvalue weighted by atomic mass is 9.96. The Hall–Kier alpha value is -2.32. The molecule has 27 heavy (non-hydrogen) atoms. The molecule has 4 rings (SSSR count). The Labute approximate surface area is 166 Å². The van der Waals surface area contributed by atoms with Gasteiger partial charge in [0.25, 0.3) is 5.91 Å². The molecule has 0 aromatic carbocycles. The summed E-state index contributed by atoms with van der Waals surface area (Å²) in [6.07, 6.45) is 1.93. The number of nitrogen functional groups attached to an aromatic ring is 1. The van der Waals surface area contributed by atoms with E-state index in [0.29, 0.717) is 22.2 Å². The molecular formula is C19H21N5OS2. The van der Waals surface area contributed by atoms with Crippen LogP contribution >= 0.6 is 22.7 Å². The smallest absolute Gasteiger partial charge is 0.265 e. The van der Waals surface area contributed by atoms with Gasteiger partial charge in [-0.25, -0.2) is 15.0 Å². The second-order valence-electron chi connectivity index (χ2n) is 6.79. The zero-order valence-corrected chi connectivity index (χ0v) is 16.9. The van der Waals surface area contributed by atoms with Crippen molar-refractivity contribution in [2.75, 3.05) is 18.8 Å². The number of carbonyl (C=O) groups excluding carboxylic acids is 1. The topological polar surface area (TPSA) is 85.0 Å². The standard InChI is InChI=1S/C19H21N5OS2/c1-11-9-14(15-6-4-8-26-15)23-17(21-11)13-5-3-7-24(10-13)18(25)16-12(2)22-19(20)27-16/h4,6,8-9,13H,3,5,7,10H2,1-2H3,(H2,20,22). The number of likely N-dealkylation sites (tertiary alicyclic amines) is 1. The molecule has 0 bridgehead atoms. The summed E-state index contributed by atoms with van der Waals surface area (Å²) in [6, 6.07) is 6.12. The van der Waals surface area contributed by atoms with Crippen molar-refractivity contribution in [2.24, 2.45) is 0 Å². The van der Waals surface area contributed by atoms with E-state index in [1.807, 2.05) is 30.9 Å². The summed E-state index contributed by atoms with van der Waals surface area (Å²) in [6.45, 7) is 5.20. The second-order valence-corrected chi connectivity index (χ2v) is 8.77. The van der Waals surface area contributed by atoms with Crippen LogP contribution in [0.1, 0.15) is 45.6 Å². The highest BCUT2D eigenvalue weighted by Crippen LogP contribution is 2.30. The fraction of sp³-hybridized carbons (Fsp3) is 0.368. The Morgan fingerprint density at radius 3 is 2.85 bits per heavy atom. The molecule has 0 aliphatic carbocycles. The number of piperidine rings is 1. The van der Waals surface area contributed by atoms with E-state index in [4.69, 9.17) is 10.7 Å². The van der Waals surface area contributed by atoms with Crippen LogP contribution < -0.4 is 5.73 Å². The lowest BCUT2D eigenvalue weighted by Gasteiger charge is -2.32. The molecule has 0 saturated carbocycles. The van der Waals surface area contributed by atoms with Crippen LogP contribution in [0.4, 0.5) is 5.13 Å². The van der Waals surface area contributed by atoms with Gasteiger partial charge >= 0.3 is 0 Å². The number of thiophene rings is 1. The number of anilines is 1. The summed E-state index contributed by atoms with van der Waals surface area (Å²) in [7, 11) is 0. The van der Waals surface area contributed by atoms with E-state index in [1.165, 1.54) is 11.3 Å². The first kappa shape index (κ1) is 18.1. The quantitative estimate of drug-likeness (QED) is 0.722. The molecular weight excluding hydrogens is 378 g/mol. The molecule has 1 unspecified atom stereocenters. The molecule has 0 radical (unpaired) electrons. The van der Waals surface area contributed by atoms with Gasteiger partial charge in [-0.1, -0.05) is 17.4 Å². The largest absolute Gasteiger partial charge is 0.375 e. The van der Waals surface area contributed by atoms with Gasteiger partial charge in [-0.3, -0.25) is 4.79 Å². The number of nitrogens with zero attached hydrogens (tertiary/aromatic N) is 4. The first-order chi connectivity index (χ1) is 13.0. The lowest BCUT2D eigenvalue weighted by Crippen LogP contribution is -2.39. The number of amides is 1. The van der Waals surface area contributed by atoms with E-state index in [0.717, 1.165) is 41.5 Å². The predicted molar refractivity (Wildman–Crippen MR) is 109 cm³/mol. The van der Waals surface area contributed by atoms with Crippen molar-refractivity contribution in [2.45, 2.75) is 32.6 Å². The van der Waals surface area contributed by atoms with Gasteiger partial charge < -0.3 is 10.6 Å². The minimum absolute atomic E-state index is 0.0116. The number of carbonyl (C=O) groups is 1. The second kappa shape index (κ2) is 7.36. The van der Waals surface area contributed by atoms with Gasteiger partial charge in [0.2, 0.25) is 0 Å². The summed E-state index contributed by atoms with van der Waals surface area (Å²) in [5.41, 5.74) is 8.38. The van der Waals surface area contributed by atoms with Crippen LogP contribution in [-0.2, 0) is 0 Å². The minimum atomic E-state index is 0.0116. The molecule has 1 aliphatic heterocycles. The number of thiazole rings is 1. The lowest BCUT2D eigenvalue weighted by molar-refractivity contribution is 0.0708. The maximum Gasteiger partial charge on any atom is 0.265 e. The molecule has 3 aromatic heterocycles. The van der Waals surface area contributed by atoms with Crippen LogP contribution in [0.5, 0.6) is 0 Å². The van der Waals surface area contributed by atoms with Crippen molar-refractivity contribution in [1.82, 2.24) is 19.9 Å². The highest BCUT2D eigenvalue weighted by Gasteiger charge is 2.29. The summed E-state index contributed by atoms with van der Waals surface area (Å²) in [5, 5.41) is 2.49. The van der Waals surface area contributed by atoms with Crippen molar-refractivity contribution in [1.29, 1.82) is 0 Å². The average Bonchev–Trinajstić information content (AvgIpc) is 3.30. The van der Waals surface area contributed by atoms with E-state index in [2.05, 4.69) is 21.4 Å². The van der Waals surface area contributed by atoms with E-state index in [1.54, 1.807) is 11.3 Å². The van der Waals surface area contributed by atoms with Crippen molar-refractivity contribution in [3.05, 3.63) is 45.7 Å². The van der Waals surface area contributed by atoms with Gasteiger partial charge in [-0.2, -0.15) is 0 Å². The summed E-state index contributed by atoms with van der Waals surface area (Å²) in [4.78, 5) is 30.3. The van der Waals surface area contributed by atoms with Crippen LogP contribution in [0.2, 0.25) is 0 Å². The molecule has 0 spiro atoms. The van der Waals surface area contributed by atoms with E-state index in [-0.39, 0.29) is 11.8 Å². The van der Waals surface area contributed by atoms with E-state index < -0.39 is 0 Å². The van der Waals surface area contributed by atoms with E-state index in [9.17, 15) is 4.79 Å². The highest BCUT2D eigenvalue weighted by molar-refractivity contribution is 7.17. The number of hydrogen-bond donors (Lipinski definition) is 1. The van der Waals surface area contributed by atoms with Crippen molar-refractivity contribution in [3.63, 3.8) is 0 Å². The highest BCUT2D eigenvalue weighted by atomic mass is 32.1. The normalized spacial score (nSPS) is 17.3. The first-order valence-corrected chi connectivity index (χ1v) is 10.6. The van der Waals surface area contributed by atoms with Crippen molar-refractivity contribution < 1.29 is 4.79 Å². The Bertz CT molecular complexity index is 967. The monoisotopic (exact) mass is 399 g/mol. The summed E-state index contributed by atoms with van der Waals surface area (Å²) >= 11 is 2.94. The van der Waals surface area contributed by atoms with Gasteiger partial charge in [0, 0.05) is 24.7 Å². The summed E-state index contributed by atoms with van der Waals surface area (Å²) < 4.78 is 0. The third-order valence-corrected chi connectivity index (χ3v) is 6.59. The van der Waals surface area contributed by atoms with Crippen LogP contribution in [0.25, 0.3) is 10.6 Å². The first-order valence-electron chi connectivity index (χ1n) is 8.93. The molecule has 1 saturated heterocycles. The Balaban J connectivity index is 1.58. The molecule has 1 fully saturated rings.